The summed E-state index contributed by atoms with van der Waals surface area (Å²) < 4.78 is 13.6. The molecule has 2 aromatic carbocycles. The summed E-state index contributed by atoms with van der Waals surface area (Å²) in [5, 5.41) is 1.83. The van der Waals surface area contributed by atoms with Crippen molar-refractivity contribution >= 4 is 46.4 Å². The van der Waals surface area contributed by atoms with Crippen molar-refractivity contribution in [1.29, 1.82) is 0 Å². The van der Waals surface area contributed by atoms with E-state index in [0.29, 0.717) is 31.6 Å². The van der Waals surface area contributed by atoms with Crippen molar-refractivity contribution in [2.75, 3.05) is 0 Å². The van der Waals surface area contributed by atoms with E-state index in [0.717, 1.165) is 0 Å². The van der Waals surface area contributed by atoms with Crippen LogP contribution in [0.25, 0.3) is 0 Å². The fraction of sp³-hybridized carbons (Fsp3) is 0.0909. The van der Waals surface area contributed by atoms with Gasteiger partial charge in [0, 0.05) is 0 Å². The molecule has 0 atom stereocenters. The monoisotopic (exact) mass is 542 g/mol. The molecular weight excluding hydrogens is 529 g/mol. The zero-order valence-corrected chi connectivity index (χ0v) is 20.5. The first-order valence-electron chi connectivity index (χ1n) is 8.96. The van der Waals surface area contributed by atoms with Gasteiger partial charge < -0.3 is 0 Å². The summed E-state index contributed by atoms with van der Waals surface area (Å²) >= 11 is 20.6. The average Bonchev–Trinajstić information content (AvgIpc) is 3.41. The van der Waals surface area contributed by atoms with Crippen molar-refractivity contribution < 1.29 is 26.8 Å². The van der Waals surface area contributed by atoms with Gasteiger partial charge in [0.2, 0.25) is 0 Å². The van der Waals surface area contributed by atoms with Gasteiger partial charge in [0.05, 0.1) is 0 Å². The minimum absolute atomic E-state index is 0.0469. The SMILES string of the molecule is Clc1ccc([O][Zr]([O]c2ccc(Cl)c(Cl)c2)([CH]2C=CC=C2)[CH]2C=CC=C2)cc1Cl. The van der Waals surface area contributed by atoms with Gasteiger partial charge in [0.25, 0.3) is 0 Å². The van der Waals surface area contributed by atoms with Crippen molar-refractivity contribution in [1.82, 2.24) is 0 Å². The van der Waals surface area contributed by atoms with Crippen LogP contribution < -0.4 is 5.63 Å². The van der Waals surface area contributed by atoms with E-state index in [1.54, 1.807) is 24.3 Å². The molecule has 2 aliphatic rings. The Balaban J connectivity index is 1.80. The molecule has 0 aromatic heterocycles. The van der Waals surface area contributed by atoms with Crippen LogP contribution in [0, 0.1) is 0 Å². The van der Waals surface area contributed by atoms with Gasteiger partial charge in [0.15, 0.2) is 0 Å². The Labute approximate surface area is 195 Å². The van der Waals surface area contributed by atoms with Crippen molar-refractivity contribution in [2.45, 2.75) is 7.25 Å². The summed E-state index contributed by atoms with van der Waals surface area (Å²) in [6, 6.07) is 10.6. The van der Waals surface area contributed by atoms with E-state index in [1.807, 2.05) is 36.4 Å². The molecule has 0 unspecified atom stereocenters. The summed E-state index contributed by atoms with van der Waals surface area (Å²) in [4.78, 5) is 0. The van der Waals surface area contributed by atoms with Gasteiger partial charge in [-0.3, -0.25) is 0 Å². The first kappa shape index (κ1) is 21.3. The van der Waals surface area contributed by atoms with Gasteiger partial charge in [-0.1, -0.05) is 0 Å². The molecule has 0 saturated carbocycles. The zero-order valence-electron chi connectivity index (χ0n) is 15.1. The summed E-state index contributed by atoms with van der Waals surface area (Å²) in [5.41, 5.74) is 0. The number of allylic oxidation sites excluding steroid dienone is 8. The number of halogens is 4. The molecule has 0 N–H and O–H groups in total. The normalized spacial score (nSPS) is 16.1. The quantitative estimate of drug-likeness (QED) is 0.362. The predicted octanol–water partition coefficient (Wildman–Crippen LogP) is 8.57. The Hall–Kier alpha value is -0.957. The van der Waals surface area contributed by atoms with Gasteiger partial charge >= 0.3 is 197 Å². The van der Waals surface area contributed by atoms with Crippen LogP contribution in [0.5, 0.6) is 11.5 Å². The van der Waals surface area contributed by atoms with E-state index in [-0.39, 0.29) is 7.25 Å². The predicted molar refractivity (Wildman–Crippen MR) is 118 cm³/mol. The molecular formula is C22H16Cl4O2Zr. The van der Waals surface area contributed by atoms with E-state index >= 15 is 0 Å². The van der Waals surface area contributed by atoms with Gasteiger partial charge in [-0.05, 0) is 0 Å². The third kappa shape index (κ3) is 4.55. The van der Waals surface area contributed by atoms with Crippen LogP contribution in [-0.2, 0) is 21.1 Å². The second-order valence-corrected chi connectivity index (χ2v) is 16.1. The fourth-order valence-electron chi connectivity index (χ4n) is 3.36. The standard InChI is InChI=1S/2C6H4Cl2O.2C5H5.Zr/c2*7-5-2-1-4(9)3-6(5)8;2*1-2-4-5-3-1;/h2*1-3,9H;2*1-5H;/q;;;;+2/p-2. The molecule has 0 radical (unpaired) electrons. The molecule has 0 amide bonds. The number of hydrogen-bond donors (Lipinski definition) is 0. The van der Waals surface area contributed by atoms with E-state index in [2.05, 4.69) is 24.3 Å². The Kier molecular flexibility index (Phi) is 6.63. The van der Waals surface area contributed by atoms with Crippen LogP contribution in [0.1, 0.15) is 0 Å². The molecule has 148 valence electrons. The number of rotatable bonds is 6. The van der Waals surface area contributed by atoms with Crippen LogP contribution in [0.3, 0.4) is 0 Å². The molecule has 2 nitrogen and oxygen atoms in total. The van der Waals surface area contributed by atoms with Crippen LogP contribution in [-0.4, -0.2) is 0 Å². The molecule has 29 heavy (non-hydrogen) atoms. The summed E-state index contributed by atoms with van der Waals surface area (Å²) in [6.07, 6.45) is 16.6. The Morgan fingerprint density at radius 2 is 0.931 bits per heavy atom. The number of benzene rings is 2. The first-order valence-corrected chi connectivity index (χ1v) is 15.3. The third-order valence-electron chi connectivity index (χ3n) is 4.76. The minimum atomic E-state index is -4.03. The average molecular weight is 545 g/mol. The van der Waals surface area contributed by atoms with Crippen LogP contribution >= 0.6 is 46.4 Å². The van der Waals surface area contributed by atoms with E-state index < -0.39 is 21.1 Å². The van der Waals surface area contributed by atoms with Crippen molar-refractivity contribution in [2.24, 2.45) is 0 Å². The van der Waals surface area contributed by atoms with E-state index in [1.165, 1.54) is 0 Å². The molecule has 0 aliphatic heterocycles. The topological polar surface area (TPSA) is 18.5 Å². The first-order chi connectivity index (χ1) is 14.0. The molecule has 2 aliphatic carbocycles. The van der Waals surface area contributed by atoms with Gasteiger partial charge in [-0.15, -0.1) is 0 Å². The fourth-order valence-corrected chi connectivity index (χ4v) is 12.6. The zero-order chi connectivity index (χ0) is 20.4. The number of hydrogen-bond acceptors (Lipinski definition) is 2. The van der Waals surface area contributed by atoms with Gasteiger partial charge in [-0.25, -0.2) is 0 Å². The van der Waals surface area contributed by atoms with Gasteiger partial charge in [0.1, 0.15) is 0 Å². The molecule has 4 rings (SSSR count). The maximum atomic E-state index is 6.74. The second-order valence-electron chi connectivity index (χ2n) is 6.67. The summed E-state index contributed by atoms with van der Waals surface area (Å²) in [6.45, 7) is 0. The van der Waals surface area contributed by atoms with E-state index in [9.17, 15) is 0 Å². The molecule has 0 heterocycles. The van der Waals surface area contributed by atoms with E-state index in [4.69, 9.17) is 52.0 Å². The molecule has 7 heteroatoms. The van der Waals surface area contributed by atoms with Crippen molar-refractivity contribution in [3.05, 3.63) is 105 Å². The summed E-state index contributed by atoms with van der Waals surface area (Å²) in [7, 11) is 0. The molecule has 0 saturated heterocycles. The van der Waals surface area contributed by atoms with Crippen molar-refractivity contribution in [3.8, 4) is 11.5 Å². The van der Waals surface area contributed by atoms with Crippen LogP contribution in [0.2, 0.25) is 27.3 Å². The van der Waals surface area contributed by atoms with Crippen LogP contribution in [0.15, 0.2) is 85.0 Å². The Morgan fingerprint density at radius 3 is 1.28 bits per heavy atom. The Bertz CT molecular complexity index is 938. The summed E-state index contributed by atoms with van der Waals surface area (Å²) in [5.74, 6) is 1.27. The molecule has 0 spiro atoms. The third-order valence-corrected chi connectivity index (χ3v) is 15.4. The van der Waals surface area contributed by atoms with Crippen LogP contribution in [0.4, 0.5) is 0 Å². The molecule has 0 bridgehead atoms. The molecule has 2 aromatic rings. The second kappa shape index (κ2) is 9.04. The Morgan fingerprint density at radius 1 is 0.552 bits per heavy atom. The van der Waals surface area contributed by atoms with Gasteiger partial charge in [-0.2, -0.15) is 0 Å². The molecule has 0 fully saturated rings. The van der Waals surface area contributed by atoms with Crippen molar-refractivity contribution in [3.63, 3.8) is 0 Å². The maximum absolute atomic E-state index is 6.74.